The molecule has 1 aromatic heterocycles. The molecule has 1 aromatic carbocycles. The van der Waals surface area contributed by atoms with E-state index in [0.717, 1.165) is 23.5 Å². The van der Waals surface area contributed by atoms with Crippen LogP contribution < -0.4 is 10.5 Å². The Bertz CT molecular complexity index is 574. The summed E-state index contributed by atoms with van der Waals surface area (Å²) in [7, 11) is 0. The molecule has 2 aromatic rings. The fraction of sp³-hybridized carbons (Fsp3) is 0.357. The van der Waals surface area contributed by atoms with Crippen LogP contribution in [0.15, 0.2) is 30.5 Å². The summed E-state index contributed by atoms with van der Waals surface area (Å²) in [6.45, 7) is 2.50. The molecule has 0 amide bonds. The van der Waals surface area contributed by atoms with Crippen LogP contribution >= 0.6 is 0 Å². The molecule has 0 saturated carbocycles. The monoisotopic (exact) mass is 299 g/mol. The maximum Gasteiger partial charge on any atom is 0.573 e. The lowest BCUT2D eigenvalue weighted by Gasteiger charge is -2.09. The maximum absolute atomic E-state index is 12.1. The number of aromatic nitrogens is 2. The molecule has 3 N–H and O–H groups in total. The van der Waals surface area contributed by atoms with E-state index >= 15 is 0 Å². The fourth-order valence-corrected chi connectivity index (χ4v) is 2.00. The van der Waals surface area contributed by atoms with Crippen molar-refractivity contribution in [2.75, 3.05) is 6.54 Å². The minimum absolute atomic E-state index is 0.145. The predicted octanol–water partition coefficient (Wildman–Crippen LogP) is 3.43. The van der Waals surface area contributed by atoms with Crippen molar-refractivity contribution in [3.8, 4) is 17.0 Å². The zero-order chi connectivity index (χ0) is 15.5. The Hall–Kier alpha value is -2.02. The number of nitrogens with one attached hydrogen (secondary N) is 1. The smallest absolute Gasteiger partial charge is 0.406 e. The van der Waals surface area contributed by atoms with Crippen molar-refractivity contribution >= 4 is 0 Å². The molecular formula is C14H16F3N3O. The van der Waals surface area contributed by atoms with Crippen LogP contribution in [0.1, 0.15) is 25.1 Å². The van der Waals surface area contributed by atoms with E-state index in [9.17, 15) is 13.2 Å². The number of imidazole rings is 1. The highest BCUT2D eigenvalue weighted by Gasteiger charge is 2.30. The van der Waals surface area contributed by atoms with Crippen molar-refractivity contribution in [2.24, 2.45) is 5.73 Å². The highest BCUT2D eigenvalue weighted by Crippen LogP contribution is 2.26. The normalized spacial score (nSPS) is 13.2. The van der Waals surface area contributed by atoms with Crippen LogP contribution in [0.5, 0.6) is 5.75 Å². The predicted molar refractivity (Wildman–Crippen MR) is 72.8 cm³/mol. The average molecular weight is 299 g/mol. The summed E-state index contributed by atoms with van der Waals surface area (Å²) >= 11 is 0. The van der Waals surface area contributed by atoms with Crippen molar-refractivity contribution in [3.63, 3.8) is 0 Å². The summed E-state index contributed by atoms with van der Waals surface area (Å²) in [5, 5.41) is 0. The molecule has 0 aliphatic rings. The second kappa shape index (κ2) is 6.17. The number of nitrogens with two attached hydrogens (primary N) is 1. The lowest BCUT2D eigenvalue weighted by Crippen LogP contribution is -2.16. The first-order valence-corrected chi connectivity index (χ1v) is 6.54. The molecule has 1 atom stereocenters. The Labute approximate surface area is 120 Å². The van der Waals surface area contributed by atoms with Gasteiger partial charge in [-0.25, -0.2) is 4.98 Å². The van der Waals surface area contributed by atoms with E-state index in [1.165, 1.54) is 12.1 Å². The van der Waals surface area contributed by atoms with E-state index in [1.54, 1.807) is 18.3 Å². The second-order valence-electron chi connectivity index (χ2n) is 4.60. The number of alkyl halides is 3. The molecule has 0 saturated heterocycles. The Morgan fingerprint density at radius 3 is 2.48 bits per heavy atom. The van der Waals surface area contributed by atoms with Gasteiger partial charge in [0.25, 0.3) is 0 Å². The fourth-order valence-electron chi connectivity index (χ4n) is 2.00. The molecule has 21 heavy (non-hydrogen) atoms. The summed E-state index contributed by atoms with van der Waals surface area (Å²) in [6, 6.07) is 5.62. The molecule has 0 radical (unpaired) electrons. The highest BCUT2D eigenvalue weighted by atomic mass is 19.4. The van der Waals surface area contributed by atoms with Gasteiger partial charge >= 0.3 is 6.36 Å². The number of hydrogen-bond donors (Lipinski definition) is 2. The Morgan fingerprint density at radius 2 is 1.95 bits per heavy atom. The van der Waals surface area contributed by atoms with Crippen LogP contribution in [0.2, 0.25) is 0 Å². The quantitative estimate of drug-likeness (QED) is 0.889. The highest BCUT2D eigenvalue weighted by molar-refractivity contribution is 5.59. The molecule has 4 nitrogen and oxygen atoms in total. The molecule has 1 heterocycles. The van der Waals surface area contributed by atoms with E-state index in [0.29, 0.717) is 6.54 Å². The lowest BCUT2D eigenvalue weighted by molar-refractivity contribution is -0.274. The topological polar surface area (TPSA) is 63.9 Å². The standard InChI is InChI=1S/C14H16F3N3O/c1-2-9(7-18)13-19-8-12(20-13)10-3-5-11(6-4-10)21-14(15,16)17/h3-6,8-9H,2,7,18H2,1H3,(H,19,20). The van der Waals surface area contributed by atoms with Gasteiger partial charge in [-0.3, -0.25) is 0 Å². The Balaban J connectivity index is 2.16. The molecule has 0 aliphatic heterocycles. The summed E-state index contributed by atoms with van der Waals surface area (Å²) < 4.78 is 40.1. The first-order valence-electron chi connectivity index (χ1n) is 6.54. The molecule has 0 spiro atoms. The van der Waals surface area contributed by atoms with Crippen molar-refractivity contribution in [1.29, 1.82) is 0 Å². The number of aromatic amines is 1. The van der Waals surface area contributed by atoms with E-state index in [-0.39, 0.29) is 11.7 Å². The molecule has 0 aliphatic carbocycles. The molecule has 7 heteroatoms. The maximum atomic E-state index is 12.1. The SMILES string of the molecule is CCC(CN)c1ncc(-c2ccc(OC(F)(F)F)cc2)[nH]1. The molecule has 1 unspecified atom stereocenters. The zero-order valence-corrected chi connectivity index (χ0v) is 11.4. The van der Waals surface area contributed by atoms with Crippen molar-refractivity contribution in [1.82, 2.24) is 9.97 Å². The molecule has 0 bridgehead atoms. The van der Waals surface area contributed by atoms with Gasteiger partial charge in [0, 0.05) is 12.5 Å². The molecular weight excluding hydrogens is 283 g/mol. The zero-order valence-electron chi connectivity index (χ0n) is 11.4. The summed E-state index contributed by atoms with van der Waals surface area (Å²) in [4.78, 5) is 7.41. The van der Waals surface area contributed by atoms with Crippen LogP contribution in [0.25, 0.3) is 11.3 Å². The van der Waals surface area contributed by atoms with Gasteiger partial charge in [0.2, 0.25) is 0 Å². The van der Waals surface area contributed by atoms with Gasteiger partial charge in [0.15, 0.2) is 0 Å². The van der Waals surface area contributed by atoms with E-state index < -0.39 is 6.36 Å². The summed E-state index contributed by atoms with van der Waals surface area (Å²) in [5.74, 6) is 0.677. The third kappa shape index (κ3) is 3.98. The van der Waals surface area contributed by atoms with Gasteiger partial charge < -0.3 is 15.5 Å². The molecule has 114 valence electrons. The minimum atomic E-state index is -4.68. The van der Waals surface area contributed by atoms with E-state index in [1.807, 2.05) is 6.92 Å². The van der Waals surface area contributed by atoms with Crippen LogP contribution in [0, 0.1) is 0 Å². The third-order valence-corrected chi connectivity index (χ3v) is 3.16. The van der Waals surface area contributed by atoms with Crippen LogP contribution in [0.3, 0.4) is 0 Å². The van der Waals surface area contributed by atoms with Gasteiger partial charge in [0.05, 0.1) is 11.9 Å². The summed E-state index contributed by atoms with van der Waals surface area (Å²) in [6.07, 6.45) is -2.17. The Kier molecular flexibility index (Phi) is 4.52. The van der Waals surface area contributed by atoms with Gasteiger partial charge in [0.1, 0.15) is 11.6 Å². The lowest BCUT2D eigenvalue weighted by atomic mass is 10.1. The summed E-state index contributed by atoms with van der Waals surface area (Å²) in [5.41, 5.74) is 7.12. The van der Waals surface area contributed by atoms with Crippen molar-refractivity contribution in [3.05, 3.63) is 36.3 Å². The first-order chi connectivity index (χ1) is 9.93. The second-order valence-corrected chi connectivity index (χ2v) is 4.60. The largest absolute Gasteiger partial charge is 0.573 e. The number of benzene rings is 1. The molecule has 0 fully saturated rings. The first kappa shape index (κ1) is 15.4. The molecule has 2 rings (SSSR count). The van der Waals surface area contributed by atoms with Gasteiger partial charge in [-0.05, 0) is 36.2 Å². The minimum Gasteiger partial charge on any atom is -0.406 e. The Morgan fingerprint density at radius 1 is 1.29 bits per heavy atom. The van der Waals surface area contributed by atoms with Crippen molar-refractivity contribution < 1.29 is 17.9 Å². The number of ether oxygens (including phenoxy) is 1. The third-order valence-electron chi connectivity index (χ3n) is 3.16. The van der Waals surface area contributed by atoms with Gasteiger partial charge in [-0.1, -0.05) is 6.92 Å². The number of nitrogens with zero attached hydrogens (tertiary/aromatic N) is 1. The van der Waals surface area contributed by atoms with Crippen LogP contribution in [0.4, 0.5) is 13.2 Å². The average Bonchev–Trinajstić information content (AvgIpc) is 2.89. The number of rotatable bonds is 5. The van der Waals surface area contributed by atoms with E-state index in [4.69, 9.17) is 5.73 Å². The number of hydrogen-bond acceptors (Lipinski definition) is 3. The van der Waals surface area contributed by atoms with E-state index in [2.05, 4.69) is 14.7 Å². The van der Waals surface area contributed by atoms with Crippen LogP contribution in [-0.4, -0.2) is 22.9 Å². The van der Waals surface area contributed by atoms with Crippen molar-refractivity contribution in [2.45, 2.75) is 25.6 Å². The van der Waals surface area contributed by atoms with Gasteiger partial charge in [-0.15, -0.1) is 13.2 Å². The van der Waals surface area contributed by atoms with Gasteiger partial charge in [-0.2, -0.15) is 0 Å². The number of H-pyrrole nitrogens is 1. The number of halogens is 3. The van der Waals surface area contributed by atoms with Crippen LogP contribution in [-0.2, 0) is 0 Å².